The van der Waals surface area contributed by atoms with Crippen molar-refractivity contribution in [1.82, 2.24) is 10.2 Å². The molecule has 0 spiro atoms. The number of hydrogen-bond donors (Lipinski definition) is 2. The molecule has 216 valence electrons. The third kappa shape index (κ3) is 13.2. The number of H-pyrrole nitrogens is 1. The van der Waals surface area contributed by atoms with Crippen molar-refractivity contribution < 1.29 is 24.8 Å². The largest absolute Gasteiger partial charge is 0.489 e. The van der Waals surface area contributed by atoms with Gasteiger partial charge in [0, 0.05) is 25.7 Å². The minimum absolute atomic E-state index is 0.0132. The van der Waals surface area contributed by atoms with Gasteiger partial charge in [0.25, 0.3) is 0 Å². The minimum Gasteiger partial charge on any atom is -0.489 e. The van der Waals surface area contributed by atoms with Crippen LogP contribution in [-0.4, -0.2) is 52.9 Å². The summed E-state index contributed by atoms with van der Waals surface area (Å²) < 4.78 is 26.9. The number of nitrogens with one attached hydrogen (secondary N) is 1. The predicted molar refractivity (Wildman–Crippen MR) is 164 cm³/mol. The van der Waals surface area contributed by atoms with E-state index in [4.69, 9.17) is 48.9 Å². The molecule has 3 aromatic rings. The van der Waals surface area contributed by atoms with Crippen LogP contribution in [0.3, 0.4) is 0 Å². The molecule has 0 aliphatic carbocycles. The first-order valence-corrected chi connectivity index (χ1v) is 14.4. The lowest BCUT2D eigenvalue weighted by molar-refractivity contribution is 0.100. The minimum atomic E-state index is -0.598. The summed E-state index contributed by atoms with van der Waals surface area (Å²) >= 11 is 14.0. The molecule has 2 heterocycles. The van der Waals surface area contributed by atoms with Gasteiger partial charge in [-0.1, -0.05) is 45.8 Å². The van der Waals surface area contributed by atoms with Gasteiger partial charge in [-0.15, -0.1) is 5.10 Å². The molecule has 3 N–H and O–H groups in total. The van der Waals surface area contributed by atoms with Gasteiger partial charge in [-0.25, -0.2) is 9.89 Å². The molecule has 1 fully saturated rings. The summed E-state index contributed by atoms with van der Waals surface area (Å²) in [6.45, 7) is 9.64. The van der Waals surface area contributed by atoms with Crippen molar-refractivity contribution >= 4 is 51.6 Å². The van der Waals surface area contributed by atoms with Crippen LogP contribution in [0.1, 0.15) is 52.3 Å². The van der Waals surface area contributed by atoms with Gasteiger partial charge in [-0.05, 0) is 81.8 Å². The second-order valence-corrected chi connectivity index (χ2v) is 9.30. The van der Waals surface area contributed by atoms with Gasteiger partial charge in [0.15, 0.2) is 5.78 Å². The quantitative estimate of drug-likeness (QED) is 0.161. The molecule has 0 radical (unpaired) electrons. The zero-order valence-corrected chi connectivity index (χ0v) is 26.1. The Morgan fingerprint density at radius 1 is 1.08 bits per heavy atom. The molecule has 1 aliphatic heterocycles. The molecule has 39 heavy (non-hydrogen) atoms. The van der Waals surface area contributed by atoms with E-state index in [0.29, 0.717) is 37.6 Å². The molecule has 0 saturated carbocycles. The number of ketones is 1. The Labute approximate surface area is 254 Å². The summed E-state index contributed by atoms with van der Waals surface area (Å²) in [6.07, 6.45) is 2.65. The Balaban J connectivity index is 0.000000316. The van der Waals surface area contributed by atoms with Crippen molar-refractivity contribution in [1.29, 1.82) is 0 Å². The molecule has 9 nitrogen and oxygen atoms in total. The van der Waals surface area contributed by atoms with Gasteiger partial charge in [-0.3, -0.25) is 4.79 Å². The average Bonchev–Trinajstić information content (AvgIpc) is 3.62. The van der Waals surface area contributed by atoms with Gasteiger partial charge in [0.1, 0.15) is 11.5 Å². The van der Waals surface area contributed by atoms with Crippen LogP contribution in [0.4, 0.5) is 0 Å². The number of benzene rings is 2. The van der Waals surface area contributed by atoms with Crippen molar-refractivity contribution in [3.63, 3.8) is 0 Å². The van der Waals surface area contributed by atoms with E-state index >= 15 is 0 Å². The number of nitrogens with zero attached hydrogens (tertiary/aromatic N) is 1. The summed E-state index contributed by atoms with van der Waals surface area (Å²) in [5.41, 5.74) is 6.38. The highest BCUT2D eigenvalue weighted by molar-refractivity contribution is 14.1. The van der Waals surface area contributed by atoms with Gasteiger partial charge in [-0.2, -0.15) is 0 Å². The SMILES string of the molecule is C1CCOC1.CC(C)Oc1ccc(-c2n[nH]c(=O)o2)cc1Cl.CC(C)Oc1ccc(C(=O)CN)cc1Cl.[2H]CI. The molecule has 4 rings (SSSR count). The second kappa shape index (κ2) is 19.0. The molecular weight excluding hydrogens is 660 g/mol. The fourth-order valence-electron chi connectivity index (χ4n) is 2.99. The van der Waals surface area contributed by atoms with Gasteiger partial charge < -0.3 is 24.4 Å². The lowest BCUT2D eigenvalue weighted by atomic mass is 10.1. The molecule has 0 bridgehead atoms. The highest BCUT2D eigenvalue weighted by Crippen LogP contribution is 2.30. The number of aromatic nitrogens is 2. The molecule has 2 aromatic carbocycles. The number of Topliss-reactive ketones (excluding diaryl/α,β-unsaturated/α-hetero) is 1. The molecule has 12 heteroatoms. The van der Waals surface area contributed by atoms with Crippen molar-refractivity contribution in [2.75, 3.05) is 24.7 Å². The number of ether oxygens (including phenoxy) is 3. The van der Waals surface area contributed by atoms with Crippen molar-refractivity contribution in [2.45, 2.75) is 52.7 Å². The van der Waals surface area contributed by atoms with E-state index in [-0.39, 0.29) is 30.4 Å². The van der Waals surface area contributed by atoms with E-state index in [0.717, 1.165) is 13.2 Å². The number of carbonyl (C=O) groups is 1. The van der Waals surface area contributed by atoms with Crippen LogP contribution in [0.15, 0.2) is 45.6 Å². The molecular formula is C27H36Cl2IN3O6. The summed E-state index contributed by atoms with van der Waals surface area (Å²) in [5, 5.41) is 6.78. The molecule has 1 saturated heterocycles. The summed E-state index contributed by atoms with van der Waals surface area (Å²) in [4.78, 5) is 22.6. The molecule has 0 atom stereocenters. The lowest BCUT2D eigenvalue weighted by Crippen LogP contribution is -2.13. The van der Waals surface area contributed by atoms with Crippen LogP contribution in [0.2, 0.25) is 10.0 Å². The Bertz CT molecular complexity index is 1210. The third-order valence-corrected chi connectivity index (χ3v) is 5.20. The monoisotopic (exact) mass is 696 g/mol. The maximum Gasteiger partial charge on any atom is 0.434 e. The van der Waals surface area contributed by atoms with Crippen LogP contribution < -0.4 is 21.0 Å². The Hall–Kier alpha value is -2.12. The van der Waals surface area contributed by atoms with E-state index in [9.17, 15) is 9.59 Å². The Morgan fingerprint density at radius 3 is 2.00 bits per heavy atom. The highest BCUT2D eigenvalue weighted by atomic mass is 127. The van der Waals surface area contributed by atoms with E-state index in [1.165, 1.54) is 12.8 Å². The van der Waals surface area contributed by atoms with Crippen LogP contribution in [0, 0.1) is 0 Å². The predicted octanol–water partition coefficient (Wildman–Crippen LogP) is 6.59. The fourth-order valence-corrected chi connectivity index (χ4v) is 3.44. The molecule has 1 aliphatic rings. The van der Waals surface area contributed by atoms with Crippen LogP contribution in [-0.2, 0) is 4.74 Å². The fraction of sp³-hybridized carbons (Fsp3) is 0.444. The standard InChI is InChI=1S/C11H11ClN2O3.C11H14ClNO2.C4H8O.CH3I/c1-6(2)16-9-4-3-7(5-8(9)12)10-13-14-11(15)17-10;1-7(2)15-11-4-3-8(5-9(11)12)10(14)6-13;1-2-4-5-3-1;1-2/h3-6H,1-2H3,(H,14,15);3-5,7H,6,13H2,1-2H3;1-4H2;1H3/i;;;1D. The van der Waals surface area contributed by atoms with E-state index in [2.05, 4.69) is 10.2 Å². The summed E-state index contributed by atoms with van der Waals surface area (Å²) in [7, 11) is 0. The second-order valence-electron chi connectivity index (χ2n) is 8.49. The van der Waals surface area contributed by atoms with Crippen LogP contribution in [0.25, 0.3) is 11.5 Å². The number of halogens is 3. The molecule has 0 unspecified atom stereocenters. The summed E-state index contributed by atoms with van der Waals surface area (Å²) in [5.74, 6) is 0.642. The number of carbonyl (C=O) groups excluding carboxylic acids is 1. The Morgan fingerprint density at radius 2 is 1.62 bits per heavy atom. The van der Waals surface area contributed by atoms with E-state index in [1.807, 2.05) is 50.3 Å². The van der Waals surface area contributed by atoms with Crippen molar-refractivity contribution in [3.05, 3.63) is 62.6 Å². The maximum atomic E-state index is 11.3. The van der Waals surface area contributed by atoms with E-state index < -0.39 is 5.76 Å². The Kier molecular flexibility index (Phi) is 16.2. The zero-order valence-electron chi connectivity index (χ0n) is 23.5. The van der Waals surface area contributed by atoms with Crippen LogP contribution >= 0.6 is 45.8 Å². The van der Waals surface area contributed by atoms with E-state index in [1.54, 1.807) is 36.4 Å². The normalized spacial score (nSPS) is 12.3. The lowest BCUT2D eigenvalue weighted by Gasteiger charge is -2.11. The number of nitrogens with two attached hydrogens (primary N) is 1. The third-order valence-electron chi connectivity index (χ3n) is 4.61. The summed E-state index contributed by atoms with van der Waals surface area (Å²) in [6, 6.07) is 10.0. The van der Waals surface area contributed by atoms with Gasteiger partial charge in [0.2, 0.25) is 5.89 Å². The number of aromatic amines is 1. The van der Waals surface area contributed by atoms with Gasteiger partial charge >= 0.3 is 5.76 Å². The topological polar surface area (TPSA) is 130 Å². The maximum absolute atomic E-state index is 11.3. The average molecular weight is 697 g/mol. The van der Waals surface area contributed by atoms with Gasteiger partial charge in [0.05, 0.1) is 28.8 Å². The first-order chi connectivity index (χ1) is 19.0. The van der Waals surface area contributed by atoms with Crippen LogP contribution in [0.5, 0.6) is 11.5 Å². The number of rotatable bonds is 7. The molecule has 1 aromatic heterocycles. The first kappa shape index (κ1) is 33.1. The smallest absolute Gasteiger partial charge is 0.434 e. The van der Waals surface area contributed by atoms with Crippen molar-refractivity contribution in [3.8, 4) is 23.0 Å². The molecule has 0 amide bonds. The first-order valence-electron chi connectivity index (χ1n) is 12.9. The zero-order chi connectivity index (χ0) is 30.1. The van der Waals surface area contributed by atoms with Crippen molar-refractivity contribution in [2.24, 2.45) is 5.73 Å². The number of alkyl halides is 1. The number of hydrogen-bond acceptors (Lipinski definition) is 8. The highest BCUT2D eigenvalue weighted by Gasteiger charge is 2.10.